The zero-order valence-corrected chi connectivity index (χ0v) is 19.9. The second-order valence-corrected chi connectivity index (χ2v) is 9.32. The Labute approximate surface area is 202 Å². The molecule has 0 radical (unpaired) electrons. The monoisotopic (exact) mass is 504 g/mol. The highest BCUT2D eigenvalue weighted by atomic mass is 32.2. The molecule has 2 aromatic heterocycles. The third kappa shape index (κ3) is 4.46. The number of thioether (sulfide) groups is 1. The molecule has 2 aliphatic rings. The van der Waals surface area contributed by atoms with Gasteiger partial charge in [-0.25, -0.2) is 9.36 Å². The van der Waals surface area contributed by atoms with Gasteiger partial charge in [0, 0.05) is 34.5 Å². The van der Waals surface area contributed by atoms with Gasteiger partial charge in [0.05, 0.1) is 0 Å². The van der Waals surface area contributed by atoms with E-state index in [0.717, 1.165) is 23.5 Å². The number of hydrogen-bond donors (Lipinski definition) is 3. The van der Waals surface area contributed by atoms with E-state index in [1.165, 1.54) is 23.8 Å². The molecule has 178 valence electrons. The average Bonchev–Trinajstić information content (AvgIpc) is 3.26. The smallest absolute Gasteiger partial charge is 0.352 e. The summed E-state index contributed by atoms with van der Waals surface area (Å²) in [5, 5.41) is 15.7. The fraction of sp³-hybridized carbons (Fsp3) is 0.350. The van der Waals surface area contributed by atoms with Crippen LogP contribution >= 0.6 is 23.3 Å². The van der Waals surface area contributed by atoms with Crippen LogP contribution < -0.4 is 15.6 Å². The van der Waals surface area contributed by atoms with Crippen LogP contribution in [0.25, 0.3) is 0 Å². The maximum absolute atomic E-state index is 12.9. The van der Waals surface area contributed by atoms with Crippen molar-refractivity contribution in [2.45, 2.75) is 31.3 Å². The second-order valence-electron chi connectivity index (χ2n) is 7.44. The van der Waals surface area contributed by atoms with Crippen LogP contribution in [-0.4, -0.2) is 67.1 Å². The van der Waals surface area contributed by atoms with E-state index in [0.29, 0.717) is 17.9 Å². The number of nitrogens with zero attached hydrogens (tertiary/aromatic N) is 5. The number of aryl methyl sites for hydroxylation is 1. The fourth-order valence-corrected chi connectivity index (χ4v) is 5.49. The lowest BCUT2D eigenvalue weighted by Crippen LogP contribution is -2.71. The molecule has 1 fully saturated rings. The minimum atomic E-state index is -1.19. The Morgan fingerprint density at radius 1 is 1.47 bits per heavy atom. The molecule has 0 aliphatic carbocycles. The minimum absolute atomic E-state index is 0.0264. The summed E-state index contributed by atoms with van der Waals surface area (Å²) in [6, 6.07) is 2.97. The maximum Gasteiger partial charge on any atom is 0.352 e. The van der Waals surface area contributed by atoms with E-state index >= 15 is 0 Å². The highest BCUT2D eigenvalue weighted by molar-refractivity contribution is 8.00. The molecule has 14 heteroatoms. The highest BCUT2D eigenvalue weighted by Gasteiger charge is 2.54. The van der Waals surface area contributed by atoms with Crippen molar-refractivity contribution in [1.29, 1.82) is 0 Å². The third-order valence-corrected chi connectivity index (χ3v) is 7.17. The van der Waals surface area contributed by atoms with Gasteiger partial charge in [-0.15, -0.1) is 11.8 Å². The quantitative estimate of drug-likeness (QED) is 0.190. The predicted molar refractivity (Wildman–Crippen MR) is 124 cm³/mol. The molecule has 4 heterocycles. The predicted octanol–water partition coefficient (Wildman–Crippen LogP) is -0.240. The Balaban J connectivity index is 1.53. The molecule has 0 bridgehead atoms. The van der Waals surface area contributed by atoms with Gasteiger partial charge in [0.15, 0.2) is 24.1 Å². The van der Waals surface area contributed by atoms with Crippen molar-refractivity contribution in [3.8, 4) is 0 Å². The van der Waals surface area contributed by atoms with Crippen molar-refractivity contribution in [2.24, 2.45) is 5.16 Å². The van der Waals surface area contributed by atoms with E-state index in [4.69, 9.17) is 10.6 Å². The SMILES string of the molecule is CCc1ccc[n+](CC2=C(C(=O)O)N3C(=O)C(NC(=O)C(=NOC)c4nsc(N)n4)[C@H]3SC2)c1. The third-order valence-electron chi connectivity index (χ3n) is 5.29. The number of nitrogen functional groups attached to an aromatic ring is 1. The largest absolute Gasteiger partial charge is 0.477 e. The number of aromatic nitrogens is 3. The van der Waals surface area contributed by atoms with Crippen molar-refractivity contribution < 1.29 is 28.9 Å². The summed E-state index contributed by atoms with van der Waals surface area (Å²) in [6.07, 6.45) is 4.67. The highest BCUT2D eigenvalue weighted by Crippen LogP contribution is 2.40. The van der Waals surface area contributed by atoms with Gasteiger partial charge in [-0.3, -0.25) is 14.5 Å². The number of carboxylic acid groups (broad SMARTS) is 1. The van der Waals surface area contributed by atoms with E-state index in [-0.39, 0.29) is 22.4 Å². The number of nitrogens with two attached hydrogens (primary N) is 1. The van der Waals surface area contributed by atoms with Gasteiger partial charge < -0.3 is 21.0 Å². The van der Waals surface area contributed by atoms with Gasteiger partial charge in [-0.2, -0.15) is 9.36 Å². The fourth-order valence-electron chi connectivity index (χ4n) is 3.73. The summed E-state index contributed by atoms with van der Waals surface area (Å²) in [6.45, 7) is 2.38. The molecule has 4 N–H and O–H groups in total. The standard InChI is InChI=1S/C20H21N7O5S2/c1-3-10-5-4-6-26(7-10)8-11-9-33-18-13(17(29)27(18)14(11)19(30)31)22-16(28)12(24-32-2)15-23-20(21)34-25-15/h4-7,13,18H,3,8-9H2,1-2H3,(H3-,21,22,23,25,28,30,31)/p+1/t13?,18-/m1/s1. The Kier molecular flexibility index (Phi) is 6.79. The van der Waals surface area contributed by atoms with E-state index in [1.54, 1.807) is 0 Å². The first-order valence-corrected chi connectivity index (χ1v) is 12.1. The van der Waals surface area contributed by atoms with Crippen molar-refractivity contribution >= 4 is 51.9 Å². The second kappa shape index (κ2) is 9.77. The first-order chi connectivity index (χ1) is 16.3. The van der Waals surface area contributed by atoms with Gasteiger partial charge in [0.2, 0.25) is 11.5 Å². The molecule has 0 spiro atoms. The van der Waals surface area contributed by atoms with Crippen LogP contribution in [0, 0.1) is 0 Å². The summed E-state index contributed by atoms with van der Waals surface area (Å²) in [5.41, 5.74) is 7.04. The molecular formula is C20H22N7O5S2+. The number of oxime groups is 1. The number of amides is 2. The Morgan fingerprint density at radius 2 is 2.26 bits per heavy atom. The van der Waals surface area contributed by atoms with E-state index in [9.17, 15) is 19.5 Å². The molecule has 12 nitrogen and oxygen atoms in total. The van der Waals surface area contributed by atoms with Gasteiger partial charge in [0.1, 0.15) is 24.2 Å². The molecule has 0 saturated carbocycles. The summed E-state index contributed by atoms with van der Waals surface area (Å²) in [7, 11) is 1.26. The number of nitrogens with one attached hydrogen (secondary N) is 1. The van der Waals surface area contributed by atoms with Crippen molar-refractivity contribution in [3.05, 3.63) is 47.2 Å². The molecule has 1 saturated heterocycles. The van der Waals surface area contributed by atoms with Crippen LogP contribution in [0.3, 0.4) is 0 Å². The van der Waals surface area contributed by atoms with Crippen LogP contribution in [0.4, 0.5) is 5.13 Å². The molecule has 2 atom stereocenters. The zero-order chi connectivity index (χ0) is 24.4. The number of fused-ring (bicyclic) bond motifs is 1. The molecule has 4 rings (SSSR count). The lowest BCUT2D eigenvalue weighted by atomic mass is 10.0. The Hall–Kier alpha value is -3.52. The first kappa shape index (κ1) is 23.6. The number of carbonyl (C=O) groups is 3. The van der Waals surface area contributed by atoms with Gasteiger partial charge in [-0.1, -0.05) is 12.1 Å². The maximum atomic E-state index is 12.9. The topological polar surface area (TPSA) is 164 Å². The first-order valence-electron chi connectivity index (χ1n) is 10.2. The number of hydrogen-bond acceptors (Lipinski definition) is 10. The lowest BCUT2D eigenvalue weighted by molar-refractivity contribution is -0.689. The van der Waals surface area contributed by atoms with Crippen molar-refractivity contribution in [2.75, 3.05) is 18.6 Å². The Bertz CT molecular complexity index is 1210. The number of β-lactam (4-membered cyclic amide) rings is 1. The average molecular weight is 505 g/mol. The van der Waals surface area contributed by atoms with Crippen LogP contribution in [0.15, 0.2) is 41.0 Å². The van der Waals surface area contributed by atoms with Gasteiger partial charge in [-0.05, 0) is 12.5 Å². The van der Waals surface area contributed by atoms with Crippen LogP contribution in [-0.2, 0) is 32.2 Å². The molecular weight excluding hydrogens is 482 g/mol. The molecule has 1 unspecified atom stereocenters. The minimum Gasteiger partial charge on any atom is -0.477 e. The van der Waals surface area contributed by atoms with Crippen molar-refractivity contribution in [1.82, 2.24) is 19.6 Å². The van der Waals surface area contributed by atoms with Crippen LogP contribution in [0.2, 0.25) is 0 Å². The summed E-state index contributed by atoms with van der Waals surface area (Å²) < 4.78 is 5.85. The van der Waals surface area contributed by atoms with E-state index in [1.807, 2.05) is 36.0 Å². The molecule has 34 heavy (non-hydrogen) atoms. The summed E-state index contributed by atoms with van der Waals surface area (Å²) in [4.78, 5) is 47.7. The Morgan fingerprint density at radius 3 is 2.91 bits per heavy atom. The van der Waals surface area contributed by atoms with Gasteiger partial charge in [0.25, 0.3) is 11.8 Å². The zero-order valence-electron chi connectivity index (χ0n) is 18.3. The van der Waals surface area contributed by atoms with Crippen LogP contribution in [0.5, 0.6) is 0 Å². The lowest BCUT2D eigenvalue weighted by Gasteiger charge is -2.49. The van der Waals surface area contributed by atoms with Crippen LogP contribution in [0.1, 0.15) is 18.3 Å². The molecule has 2 aliphatic heterocycles. The summed E-state index contributed by atoms with van der Waals surface area (Å²) in [5.74, 6) is -2.06. The molecule has 2 aromatic rings. The molecule has 0 aromatic carbocycles. The van der Waals surface area contributed by atoms with E-state index < -0.39 is 29.2 Å². The number of rotatable bonds is 8. The molecule has 2 amide bonds. The van der Waals surface area contributed by atoms with E-state index in [2.05, 4.69) is 19.8 Å². The van der Waals surface area contributed by atoms with Gasteiger partial charge >= 0.3 is 5.97 Å². The normalized spacial score (nSPS) is 20.0. The number of pyridine rings is 1. The van der Waals surface area contributed by atoms with Crippen molar-refractivity contribution in [3.63, 3.8) is 0 Å². The number of anilines is 1. The number of carboxylic acids is 1. The number of aliphatic carboxylic acids is 1. The summed E-state index contributed by atoms with van der Waals surface area (Å²) >= 11 is 2.27. The number of carbonyl (C=O) groups excluding carboxylic acids is 2.